The number of piperidine rings is 1. The van der Waals surface area contributed by atoms with Crippen LogP contribution in [0, 0.1) is 0 Å². The molecule has 0 bridgehead atoms. The van der Waals surface area contributed by atoms with Gasteiger partial charge < -0.3 is 10.6 Å². The van der Waals surface area contributed by atoms with Crippen LogP contribution >= 0.6 is 35.0 Å². The number of likely N-dealkylation sites (tertiary alicyclic amines) is 1. The van der Waals surface area contributed by atoms with Gasteiger partial charge in [-0.2, -0.15) is 0 Å². The number of carbonyl (C=O) groups excluding carboxylic acids is 2. The molecule has 2 aromatic heterocycles. The molecule has 2 aromatic rings. The summed E-state index contributed by atoms with van der Waals surface area (Å²) in [6, 6.07) is 1.06. The van der Waals surface area contributed by atoms with Crippen molar-refractivity contribution < 1.29 is 9.59 Å². The van der Waals surface area contributed by atoms with Crippen LogP contribution < -0.4 is 5.73 Å². The molecule has 1 atom stereocenters. The average molecular weight is 388 g/mol. The lowest BCUT2D eigenvalue weighted by atomic mass is 10.0. The van der Waals surface area contributed by atoms with Crippen LogP contribution in [0.15, 0.2) is 17.4 Å². The predicted molar refractivity (Wildman–Crippen MR) is 92.3 cm³/mol. The van der Waals surface area contributed by atoms with Crippen LogP contribution in [0.2, 0.25) is 10.0 Å². The zero-order valence-corrected chi connectivity index (χ0v) is 14.9. The molecule has 1 saturated heterocycles. The van der Waals surface area contributed by atoms with Gasteiger partial charge in [-0.25, -0.2) is 0 Å². The quantitative estimate of drug-likeness (QED) is 0.809. The standard InChI is InChI=1S/C14H15Cl2N5O2S/c15-8-5-9(16)13-18-19-14(21(13)6-8)24-7-11(22)20-4-2-1-3-10(20)12(17)23/h5-6,10H,1-4,7H2,(H2,17,23)/t10-/m0/s1. The van der Waals surface area contributed by atoms with E-state index in [4.69, 9.17) is 28.9 Å². The number of halogens is 2. The summed E-state index contributed by atoms with van der Waals surface area (Å²) >= 11 is 13.3. The van der Waals surface area contributed by atoms with Gasteiger partial charge in [-0.3, -0.25) is 14.0 Å². The fourth-order valence-corrected chi connectivity index (χ4v) is 4.04. The highest BCUT2D eigenvalue weighted by Crippen LogP contribution is 2.26. The number of hydrogen-bond acceptors (Lipinski definition) is 5. The molecule has 0 saturated carbocycles. The minimum Gasteiger partial charge on any atom is -0.368 e. The number of primary amides is 1. The maximum absolute atomic E-state index is 12.5. The van der Waals surface area contributed by atoms with E-state index in [1.807, 2.05) is 0 Å². The first kappa shape index (κ1) is 17.3. The van der Waals surface area contributed by atoms with Gasteiger partial charge in [0.15, 0.2) is 10.8 Å². The predicted octanol–water partition coefficient (Wildman–Crippen LogP) is 1.99. The number of fused-ring (bicyclic) bond motifs is 1. The molecule has 0 spiro atoms. The summed E-state index contributed by atoms with van der Waals surface area (Å²) in [6.07, 6.45) is 4.03. The van der Waals surface area contributed by atoms with Crippen molar-refractivity contribution in [3.05, 3.63) is 22.3 Å². The fraction of sp³-hybridized carbons (Fsp3) is 0.429. The van der Waals surface area contributed by atoms with Gasteiger partial charge in [0.2, 0.25) is 11.8 Å². The molecule has 128 valence electrons. The average Bonchev–Trinajstić information content (AvgIpc) is 2.95. The number of rotatable bonds is 4. The van der Waals surface area contributed by atoms with Crippen molar-refractivity contribution in [1.29, 1.82) is 0 Å². The number of carbonyl (C=O) groups is 2. The Balaban J connectivity index is 1.73. The zero-order chi connectivity index (χ0) is 17.3. The van der Waals surface area contributed by atoms with E-state index in [1.54, 1.807) is 21.6 Å². The number of nitrogens with two attached hydrogens (primary N) is 1. The van der Waals surface area contributed by atoms with Gasteiger partial charge in [0.05, 0.1) is 15.8 Å². The zero-order valence-electron chi connectivity index (χ0n) is 12.6. The van der Waals surface area contributed by atoms with Gasteiger partial charge in [-0.05, 0) is 25.3 Å². The van der Waals surface area contributed by atoms with Crippen LogP contribution in [-0.2, 0) is 9.59 Å². The van der Waals surface area contributed by atoms with E-state index in [0.717, 1.165) is 12.8 Å². The third-order valence-electron chi connectivity index (χ3n) is 3.87. The molecule has 1 fully saturated rings. The largest absolute Gasteiger partial charge is 0.368 e. The Bertz CT molecular complexity index is 797. The molecule has 1 aliphatic heterocycles. The van der Waals surface area contributed by atoms with Crippen LogP contribution in [0.1, 0.15) is 19.3 Å². The minimum absolute atomic E-state index is 0.134. The number of pyridine rings is 1. The van der Waals surface area contributed by atoms with Crippen molar-refractivity contribution in [3.8, 4) is 0 Å². The summed E-state index contributed by atoms with van der Waals surface area (Å²) in [5.41, 5.74) is 5.87. The number of aromatic nitrogens is 3. The van der Waals surface area contributed by atoms with E-state index in [9.17, 15) is 9.59 Å². The maximum Gasteiger partial charge on any atom is 0.240 e. The number of nitrogens with zero attached hydrogens (tertiary/aromatic N) is 4. The normalized spacial score (nSPS) is 18.1. The second kappa shape index (κ2) is 7.16. The Kier molecular flexibility index (Phi) is 5.17. The molecule has 24 heavy (non-hydrogen) atoms. The van der Waals surface area contributed by atoms with Gasteiger partial charge in [0.1, 0.15) is 6.04 Å². The molecule has 3 rings (SSSR count). The summed E-state index contributed by atoms with van der Waals surface area (Å²) in [5, 5.41) is 9.38. The molecule has 1 aliphatic rings. The lowest BCUT2D eigenvalue weighted by molar-refractivity contribution is -0.138. The first-order chi connectivity index (χ1) is 11.5. The number of hydrogen-bond donors (Lipinski definition) is 1. The van der Waals surface area contributed by atoms with Gasteiger partial charge in [-0.15, -0.1) is 10.2 Å². The third-order valence-corrected chi connectivity index (χ3v) is 5.28. The van der Waals surface area contributed by atoms with Crippen molar-refractivity contribution in [2.75, 3.05) is 12.3 Å². The van der Waals surface area contributed by atoms with Crippen LogP contribution in [0.5, 0.6) is 0 Å². The smallest absolute Gasteiger partial charge is 0.240 e. The van der Waals surface area contributed by atoms with E-state index in [-0.39, 0.29) is 11.7 Å². The molecule has 0 radical (unpaired) electrons. The van der Waals surface area contributed by atoms with Crippen molar-refractivity contribution in [2.24, 2.45) is 5.73 Å². The van der Waals surface area contributed by atoms with E-state index in [0.29, 0.717) is 33.8 Å². The van der Waals surface area contributed by atoms with E-state index < -0.39 is 11.9 Å². The van der Waals surface area contributed by atoms with Gasteiger partial charge >= 0.3 is 0 Å². The summed E-state index contributed by atoms with van der Waals surface area (Å²) in [4.78, 5) is 25.5. The highest BCUT2D eigenvalue weighted by Gasteiger charge is 2.30. The minimum atomic E-state index is -0.522. The molecule has 3 heterocycles. The molecule has 0 unspecified atom stereocenters. The number of thioether (sulfide) groups is 1. The molecule has 2 N–H and O–H groups in total. The van der Waals surface area contributed by atoms with Crippen LogP contribution in [0.3, 0.4) is 0 Å². The van der Waals surface area contributed by atoms with E-state index >= 15 is 0 Å². The maximum atomic E-state index is 12.5. The Hall–Kier alpha value is -1.51. The molecule has 2 amide bonds. The summed E-state index contributed by atoms with van der Waals surface area (Å²) in [6.45, 7) is 0.547. The summed E-state index contributed by atoms with van der Waals surface area (Å²) in [5.74, 6) is -0.470. The molecule has 0 aliphatic carbocycles. The van der Waals surface area contributed by atoms with Crippen LogP contribution in [0.4, 0.5) is 0 Å². The molecular formula is C14H15Cl2N5O2S. The Morgan fingerprint density at radius 2 is 2.12 bits per heavy atom. The van der Waals surface area contributed by atoms with Gasteiger partial charge in [0, 0.05) is 12.7 Å². The molecule has 0 aromatic carbocycles. The SMILES string of the molecule is NC(=O)[C@@H]1CCCCN1C(=O)CSc1nnc2c(Cl)cc(Cl)cn12. The molecule has 7 nitrogen and oxygen atoms in total. The molecule has 10 heteroatoms. The Labute approximate surface area is 152 Å². The monoisotopic (exact) mass is 387 g/mol. The summed E-state index contributed by atoms with van der Waals surface area (Å²) < 4.78 is 1.64. The summed E-state index contributed by atoms with van der Waals surface area (Å²) in [7, 11) is 0. The second-order valence-electron chi connectivity index (χ2n) is 5.47. The van der Waals surface area contributed by atoms with Crippen molar-refractivity contribution in [3.63, 3.8) is 0 Å². The first-order valence-electron chi connectivity index (χ1n) is 7.38. The van der Waals surface area contributed by atoms with Crippen LogP contribution in [0.25, 0.3) is 5.65 Å². The van der Waals surface area contributed by atoms with Gasteiger partial charge in [-0.1, -0.05) is 35.0 Å². The first-order valence-corrected chi connectivity index (χ1v) is 9.13. The van der Waals surface area contributed by atoms with Crippen molar-refractivity contribution in [2.45, 2.75) is 30.5 Å². The highest BCUT2D eigenvalue weighted by molar-refractivity contribution is 7.99. The third kappa shape index (κ3) is 3.45. The van der Waals surface area contributed by atoms with Crippen molar-refractivity contribution >= 4 is 52.4 Å². The van der Waals surface area contributed by atoms with Gasteiger partial charge in [0.25, 0.3) is 0 Å². The van der Waals surface area contributed by atoms with Crippen LogP contribution in [-0.4, -0.2) is 49.7 Å². The Morgan fingerprint density at radius 1 is 1.33 bits per heavy atom. The van der Waals surface area contributed by atoms with E-state index in [2.05, 4.69) is 10.2 Å². The van der Waals surface area contributed by atoms with Crippen molar-refractivity contribution in [1.82, 2.24) is 19.5 Å². The topological polar surface area (TPSA) is 93.6 Å². The fourth-order valence-electron chi connectivity index (χ4n) is 2.74. The molecular weight excluding hydrogens is 373 g/mol. The Morgan fingerprint density at radius 3 is 2.88 bits per heavy atom. The van der Waals surface area contributed by atoms with E-state index in [1.165, 1.54) is 11.8 Å². The number of amides is 2. The highest BCUT2D eigenvalue weighted by atomic mass is 35.5. The lowest BCUT2D eigenvalue weighted by Gasteiger charge is -2.33. The second-order valence-corrected chi connectivity index (χ2v) is 7.26. The lowest BCUT2D eigenvalue weighted by Crippen LogP contribution is -2.51.